The first-order valence-electron chi connectivity index (χ1n) is 8.07. The smallest absolute Gasteiger partial charge is 0.252 e. The molecule has 1 amide bonds. The summed E-state index contributed by atoms with van der Waals surface area (Å²) in [6.07, 6.45) is 1.10. The van der Waals surface area contributed by atoms with Crippen molar-refractivity contribution in [2.24, 2.45) is 5.92 Å². The highest BCUT2D eigenvalue weighted by Gasteiger charge is 2.23. The van der Waals surface area contributed by atoms with Gasteiger partial charge in [0, 0.05) is 22.4 Å². The third-order valence-electron chi connectivity index (χ3n) is 4.25. The number of rotatable bonds is 4. The molecule has 0 spiro atoms. The summed E-state index contributed by atoms with van der Waals surface area (Å²) in [5.74, 6) is 0.527. The number of hydrogen-bond acceptors (Lipinski definition) is 3. The molecule has 2 aromatic carbocycles. The van der Waals surface area contributed by atoms with Crippen LogP contribution in [0.2, 0.25) is 0 Å². The van der Waals surface area contributed by atoms with E-state index < -0.39 is 0 Å². The lowest BCUT2D eigenvalue weighted by molar-refractivity contribution is 0.0912. The monoisotopic (exact) mass is 326 g/mol. The molecule has 2 unspecified atom stereocenters. The molecule has 1 heterocycles. The Morgan fingerprint density at radius 1 is 1.13 bits per heavy atom. The molecule has 1 aliphatic heterocycles. The first kappa shape index (κ1) is 16.1. The van der Waals surface area contributed by atoms with Crippen molar-refractivity contribution in [1.82, 2.24) is 10.6 Å². The van der Waals surface area contributed by atoms with Crippen molar-refractivity contribution < 1.29 is 4.79 Å². The standard InChI is InChI=1S/C19H22N2OS/c1-14-11-12-20-13-17(14)21-19(22)16-9-5-6-10-18(16)23-15-7-3-2-4-8-15/h2-10,14,17,20H,11-13H2,1H3,(H,21,22). The zero-order valence-corrected chi connectivity index (χ0v) is 14.1. The highest BCUT2D eigenvalue weighted by Crippen LogP contribution is 2.30. The summed E-state index contributed by atoms with van der Waals surface area (Å²) in [7, 11) is 0. The average Bonchev–Trinajstić information content (AvgIpc) is 2.58. The average molecular weight is 326 g/mol. The summed E-state index contributed by atoms with van der Waals surface area (Å²) < 4.78 is 0. The first-order valence-corrected chi connectivity index (χ1v) is 8.89. The Hall–Kier alpha value is -1.78. The second-order valence-electron chi connectivity index (χ2n) is 5.96. The van der Waals surface area contributed by atoms with Gasteiger partial charge < -0.3 is 10.6 Å². The number of nitrogens with one attached hydrogen (secondary N) is 2. The lowest BCUT2D eigenvalue weighted by Crippen LogP contribution is -2.50. The van der Waals surface area contributed by atoms with Gasteiger partial charge in [0.15, 0.2) is 0 Å². The Balaban J connectivity index is 1.75. The number of hydrogen-bond donors (Lipinski definition) is 2. The van der Waals surface area contributed by atoms with Crippen LogP contribution in [0.1, 0.15) is 23.7 Å². The van der Waals surface area contributed by atoms with Crippen LogP contribution in [0.5, 0.6) is 0 Å². The zero-order chi connectivity index (χ0) is 16.1. The van der Waals surface area contributed by atoms with Gasteiger partial charge in [-0.1, -0.05) is 49.0 Å². The maximum Gasteiger partial charge on any atom is 0.252 e. The minimum absolute atomic E-state index is 0.0181. The molecule has 3 nitrogen and oxygen atoms in total. The Kier molecular flexibility index (Phi) is 5.36. The summed E-state index contributed by atoms with van der Waals surface area (Å²) in [5.41, 5.74) is 0.749. The molecular weight excluding hydrogens is 304 g/mol. The molecule has 0 radical (unpaired) electrons. The van der Waals surface area contributed by atoms with Crippen LogP contribution in [0, 0.1) is 5.92 Å². The van der Waals surface area contributed by atoms with E-state index in [1.807, 2.05) is 42.5 Å². The fourth-order valence-electron chi connectivity index (χ4n) is 2.79. The van der Waals surface area contributed by atoms with E-state index in [4.69, 9.17) is 0 Å². The second kappa shape index (κ2) is 7.66. The van der Waals surface area contributed by atoms with E-state index in [2.05, 4.69) is 29.7 Å². The SMILES string of the molecule is CC1CCNCC1NC(=O)c1ccccc1Sc1ccccc1. The van der Waals surface area contributed by atoms with Gasteiger partial charge in [-0.2, -0.15) is 0 Å². The van der Waals surface area contributed by atoms with Crippen LogP contribution in [-0.4, -0.2) is 25.0 Å². The molecule has 3 rings (SSSR count). The summed E-state index contributed by atoms with van der Waals surface area (Å²) in [4.78, 5) is 14.8. The number of carbonyl (C=O) groups is 1. The number of piperidine rings is 1. The van der Waals surface area contributed by atoms with Crippen LogP contribution >= 0.6 is 11.8 Å². The highest BCUT2D eigenvalue weighted by molar-refractivity contribution is 7.99. The Morgan fingerprint density at radius 2 is 1.87 bits per heavy atom. The number of carbonyl (C=O) groups excluding carboxylic acids is 1. The van der Waals surface area contributed by atoms with Gasteiger partial charge in [0.05, 0.1) is 5.56 Å². The van der Waals surface area contributed by atoms with Crippen molar-refractivity contribution in [3.63, 3.8) is 0 Å². The molecular formula is C19H22N2OS. The summed E-state index contributed by atoms with van der Waals surface area (Å²) in [6.45, 7) is 4.09. The molecule has 2 aromatic rings. The molecule has 120 valence electrons. The van der Waals surface area contributed by atoms with E-state index in [-0.39, 0.29) is 11.9 Å². The number of benzene rings is 2. The third-order valence-corrected chi connectivity index (χ3v) is 5.33. The Morgan fingerprint density at radius 3 is 2.65 bits per heavy atom. The molecule has 2 atom stereocenters. The first-order chi connectivity index (χ1) is 11.2. The van der Waals surface area contributed by atoms with E-state index in [0.29, 0.717) is 5.92 Å². The summed E-state index contributed by atoms with van der Waals surface area (Å²) >= 11 is 1.63. The van der Waals surface area contributed by atoms with E-state index in [9.17, 15) is 4.79 Å². The predicted octanol–water partition coefficient (Wildman–Crippen LogP) is 3.57. The van der Waals surface area contributed by atoms with Crippen molar-refractivity contribution in [1.29, 1.82) is 0 Å². The molecule has 0 saturated carbocycles. The highest BCUT2D eigenvalue weighted by atomic mass is 32.2. The van der Waals surface area contributed by atoms with E-state index >= 15 is 0 Å². The Bertz CT molecular complexity index is 659. The van der Waals surface area contributed by atoms with Gasteiger partial charge in [0.1, 0.15) is 0 Å². The van der Waals surface area contributed by atoms with Gasteiger partial charge in [0.2, 0.25) is 0 Å². The maximum atomic E-state index is 12.7. The normalized spacial score (nSPS) is 20.9. The van der Waals surface area contributed by atoms with Gasteiger partial charge in [-0.25, -0.2) is 0 Å². The van der Waals surface area contributed by atoms with Gasteiger partial charge in [-0.05, 0) is 43.1 Å². The predicted molar refractivity (Wildman–Crippen MR) is 94.9 cm³/mol. The molecule has 1 aliphatic rings. The molecule has 0 aromatic heterocycles. The van der Waals surface area contributed by atoms with Crippen molar-refractivity contribution in [2.75, 3.05) is 13.1 Å². The minimum Gasteiger partial charge on any atom is -0.348 e. The van der Waals surface area contributed by atoms with Gasteiger partial charge in [-0.3, -0.25) is 4.79 Å². The summed E-state index contributed by atoms with van der Waals surface area (Å²) in [5, 5.41) is 6.55. The quantitative estimate of drug-likeness (QED) is 0.902. The van der Waals surface area contributed by atoms with E-state index in [1.165, 1.54) is 0 Å². The van der Waals surface area contributed by atoms with Gasteiger partial charge in [-0.15, -0.1) is 0 Å². The lowest BCUT2D eigenvalue weighted by atomic mass is 9.94. The van der Waals surface area contributed by atoms with Crippen LogP contribution in [0.15, 0.2) is 64.4 Å². The van der Waals surface area contributed by atoms with Crippen molar-refractivity contribution >= 4 is 17.7 Å². The fraction of sp³-hybridized carbons (Fsp3) is 0.316. The van der Waals surface area contributed by atoms with E-state index in [1.54, 1.807) is 11.8 Å². The van der Waals surface area contributed by atoms with Crippen LogP contribution in [0.4, 0.5) is 0 Å². The van der Waals surface area contributed by atoms with Crippen molar-refractivity contribution in [3.05, 3.63) is 60.2 Å². The van der Waals surface area contributed by atoms with Gasteiger partial charge >= 0.3 is 0 Å². The molecule has 0 aliphatic carbocycles. The Labute approximate surface area is 141 Å². The van der Waals surface area contributed by atoms with Crippen LogP contribution in [0.3, 0.4) is 0 Å². The molecule has 23 heavy (non-hydrogen) atoms. The van der Waals surface area contributed by atoms with E-state index in [0.717, 1.165) is 34.9 Å². The maximum absolute atomic E-state index is 12.7. The fourth-order valence-corrected chi connectivity index (χ4v) is 3.75. The largest absolute Gasteiger partial charge is 0.348 e. The topological polar surface area (TPSA) is 41.1 Å². The molecule has 0 bridgehead atoms. The van der Waals surface area contributed by atoms with Crippen LogP contribution in [0.25, 0.3) is 0 Å². The molecule has 4 heteroatoms. The molecule has 1 fully saturated rings. The minimum atomic E-state index is 0.0181. The lowest BCUT2D eigenvalue weighted by Gasteiger charge is -2.30. The molecule has 2 N–H and O–H groups in total. The van der Waals surface area contributed by atoms with Crippen molar-refractivity contribution in [3.8, 4) is 0 Å². The summed E-state index contributed by atoms with van der Waals surface area (Å²) in [6, 6.07) is 18.2. The van der Waals surface area contributed by atoms with Gasteiger partial charge in [0.25, 0.3) is 5.91 Å². The van der Waals surface area contributed by atoms with Crippen LogP contribution < -0.4 is 10.6 Å². The van der Waals surface area contributed by atoms with Crippen molar-refractivity contribution in [2.45, 2.75) is 29.2 Å². The molecule has 1 saturated heterocycles. The zero-order valence-electron chi connectivity index (χ0n) is 13.3. The third kappa shape index (κ3) is 4.15. The number of amides is 1. The van der Waals surface area contributed by atoms with Crippen LogP contribution in [-0.2, 0) is 0 Å². The second-order valence-corrected chi connectivity index (χ2v) is 7.08.